The Balaban J connectivity index is 1.82. The second-order valence-corrected chi connectivity index (χ2v) is 4.06. The molecule has 80 valence electrons. The number of rotatable bonds is 2. The van der Waals surface area contributed by atoms with Crippen LogP contribution < -0.4 is 0 Å². The molecule has 1 aliphatic carbocycles. The van der Waals surface area contributed by atoms with Crippen LogP contribution in [0.4, 0.5) is 0 Å². The van der Waals surface area contributed by atoms with Gasteiger partial charge < -0.3 is 14.6 Å². The molecule has 0 atom stereocenters. The minimum atomic E-state index is -0.246. The summed E-state index contributed by atoms with van der Waals surface area (Å²) in [6, 6.07) is 0. The highest BCUT2D eigenvalue weighted by Crippen LogP contribution is 2.38. The van der Waals surface area contributed by atoms with Crippen molar-refractivity contribution in [3.63, 3.8) is 0 Å². The zero-order valence-corrected chi connectivity index (χ0v) is 8.45. The molecule has 0 aromatic heterocycles. The fourth-order valence-electron chi connectivity index (χ4n) is 2.31. The lowest BCUT2D eigenvalue weighted by molar-refractivity contribution is -0.180. The molecule has 0 aromatic rings. The molecule has 0 bridgehead atoms. The largest absolute Gasteiger partial charge is 0.392 e. The van der Waals surface area contributed by atoms with Crippen molar-refractivity contribution in [2.75, 3.05) is 19.8 Å². The smallest absolute Gasteiger partial charge is 0.168 e. The van der Waals surface area contributed by atoms with Crippen molar-refractivity contribution in [1.29, 1.82) is 0 Å². The molecule has 1 aliphatic heterocycles. The average Bonchev–Trinajstić information content (AvgIpc) is 2.66. The van der Waals surface area contributed by atoms with Gasteiger partial charge in [-0.1, -0.05) is 12.2 Å². The first kappa shape index (κ1) is 10.1. The molecule has 1 saturated heterocycles. The van der Waals surface area contributed by atoms with Crippen molar-refractivity contribution in [2.45, 2.75) is 31.5 Å². The monoisotopic (exact) mass is 198 g/mol. The lowest BCUT2D eigenvalue weighted by atomic mass is 9.85. The summed E-state index contributed by atoms with van der Waals surface area (Å²) in [6.07, 6.45) is 8.15. The molecule has 2 rings (SSSR count). The summed E-state index contributed by atoms with van der Waals surface area (Å²) in [7, 11) is 0. The topological polar surface area (TPSA) is 38.7 Å². The highest BCUT2D eigenvalue weighted by atomic mass is 16.7. The van der Waals surface area contributed by atoms with E-state index >= 15 is 0 Å². The molecule has 3 heteroatoms. The van der Waals surface area contributed by atoms with Crippen LogP contribution in [0, 0.1) is 5.92 Å². The maximum atomic E-state index is 8.67. The van der Waals surface area contributed by atoms with E-state index in [4.69, 9.17) is 14.6 Å². The minimum Gasteiger partial charge on any atom is -0.392 e. The second kappa shape index (κ2) is 4.43. The number of allylic oxidation sites excluding steroid dienone is 1. The van der Waals surface area contributed by atoms with Crippen molar-refractivity contribution < 1.29 is 14.6 Å². The molecule has 0 unspecified atom stereocenters. The molecule has 0 amide bonds. The van der Waals surface area contributed by atoms with Crippen molar-refractivity contribution in [2.24, 2.45) is 5.92 Å². The van der Waals surface area contributed by atoms with Crippen LogP contribution in [-0.2, 0) is 9.47 Å². The first-order valence-corrected chi connectivity index (χ1v) is 5.40. The highest BCUT2D eigenvalue weighted by molar-refractivity contribution is 4.93. The Bertz CT molecular complexity index is 197. The van der Waals surface area contributed by atoms with Crippen LogP contribution in [0.15, 0.2) is 12.2 Å². The third-order valence-electron chi connectivity index (χ3n) is 3.12. The predicted octanol–water partition coefficient (Wildman–Crippen LogP) is 1.47. The van der Waals surface area contributed by atoms with E-state index in [2.05, 4.69) is 6.08 Å². The summed E-state index contributed by atoms with van der Waals surface area (Å²) in [5, 5.41) is 8.67. The molecular formula is C11H18O3. The van der Waals surface area contributed by atoms with Gasteiger partial charge >= 0.3 is 0 Å². The Labute approximate surface area is 84.7 Å². The van der Waals surface area contributed by atoms with Gasteiger partial charge in [-0.2, -0.15) is 0 Å². The van der Waals surface area contributed by atoms with Crippen LogP contribution in [-0.4, -0.2) is 30.7 Å². The van der Waals surface area contributed by atoms with E-state index < -0.39 is 0 Å². The maximum Gasteiger partial charge on any atom is 0.168 e. The van der Waals surface area contributed by atoms with Crippen LogP contribution in [0.5, 0.6) is 0 Å². The van der Waals surface area contributed by atoms with E-state index in [1.165, 1.54) is 0 Å². The van der Waals surface area contributed by atoms with E-state index in [1.807, 2.05) is 6.08 Å². The summed E-state index contributed by atoms with van der Waals surface area (Å²) >= 11 is 0. The standard InChI is InChI=1S/C11H18O3/c12-7-1-2-10-3-5-11(6-4-10)13-8-9-14-11/h1-2,10,12H,3-9H2/b2-1+. The van der Waals surface area contributed by atoms with Crippen molar-refractivity contribution in [1.82, 2.24) is 0 Å². The van der Waals surface area contributed by atoms with Gasteiger partial charge in [0, 0.05) is 12.8 Å². The lowest BCUT2D eigenvalue weighted by Gasteiger charge is -2.34. The number of aliphatic hydroxyl groups is 1. The average molecular weight is 198 g/mol. The molecule has 1 saturated carbocycles. The predicted molar refractivity (Wildman–Crippen MR) is 52.8 cm³/mol. The Morgan fingerprint density at radius 2 is 1.86 bits per heavy atom. The Morgan fingerprint density at radius 3 is 2.43 bits per heavy atom. The molecule has 1 heterocycles. The van der Waals surface area contributed by atoms with Crippen molar-refractivity contribution >= 4 is 0 Å². The Hall–Kier alpha value is -0.380. The molecule has 0 radical (unpaired) electrons. The van der Waals surface area contributed by atoms with Gasteiger partial charge in [0.05, 0.1) is 19.8 Å². The molecule has 1 spiro atoms. The van der Waals surface area contributed by atoms with Crippen LogP contribution in [0.2, 0.25) is 0 Å². The maximum absolute atomic E-state index is 8.67. The Kier molecular flexibility index (Phi) is 3.21. The molecule has 3 nitrogen and oxygen atoms in total. The summed E-state index contributed by atoms with van der Waals surface area (Å²) < 4.78 is 11.3. The van der Waals surface area contributed by atoms with Crippen LogP contribution >= 0.6 is 0 Å². The zero-order valence-electron chi connectivity index (χ0n) is 8.45. The molecule has 0 aromatic carbocycles. The van der Waals surface area contributed by atoms with E-state index in [0.717, 1.165) is 38.9 Å². The van der Waals surface area contributed by atoms with Gasteiger partial charge in [-0.3, -0.25) is 0 Å². The fourth-order valence-corrected chi connectivity index (χ4v) is 2.31. The van der Waals surface area contributed by atoms with Crippen molar-refractivity contribution in [3.8, 4) is 0 Å². The number of aliphatic hydroxyl groups excluding tert-OH is 1. The first-order valence-electron chi connectivity index (χ1n) is 5.40. The second-order valence-electron chi connectivity index (χ2n) is 4.06. The number of ether oxygens (including phenoxy) is 2. The number of hydrogen-bond acceptors (Lipinski definition) is 3. The van der Waals surface area contributed by atoms with Gasteiger partial charge in [0.2, 0.25) is 0 Å². The molecular weight excluding hydrogens is 180 g/mol. The molecule has 2 fully saturated rings. The molecule has 1 N–H and O–H groups in total. The third-order valence-corrected chi connectivity index (χ3v) is 3.12. The van der Waals surface area contributed by atoms with Gasteiger partial charge in [-0.15, -0.1) is 0 Å². The zero-order chi connectivity index (χ0) is 9.86. The highest BCUT2D eigenvalue weighted by Gasteiger charge is 2.39. The third kappa shape index (κ3) is 2.16. The van der Waals surface area contributed by atoms with Gasteiger partial charge in [-0.25, -0.2) is 0 Å². The quantitative estimate of drug-likeness (QED) is 0.683. The lowest BCUT2D eigenvalue weighted by Crippen LogP contribution is -2.34. The summed E-state index contributed by atoms with van der Waals surface area (Å²) in [6.45, 7) is 1.64. The van der Waals surface area contributed by atoms with Gasteiger partial charge in [0.15, 0.2) is 5.79 Å². The minimum absolute atomic E-state index is 0.147. The van der Waals surface area contributed by atoms with Crippen LogP contribution in [0.3, 0.4) is 0 Å². The van der Waals surface area contributed by atoms with Gasteiger partial charge in [0.1, 0.15) is 0 Å². The first-order chi connectivity index (χ1) is 6.85. The van der Waals surface area contributed by atoms with E-state index in [0.29, 0.717) is 5.92 Å². The summed E-state index contributed by atoms with van der Waals surface area (Å²) in [4.78, 5) is 0. The summed E-state index contributed by atoms with van der Waals surface area (Å²) in [5.41, 5.74) is 0. The Morgan fingerprint density at radius 1 is 1.21 bits per heavy atom. The normalized spacial score (nSPS) is 27.8. The van der Waals surface area contributed by atoms with Gasteiger partial charge in [0.25, 0.3) is 0 Å². The van der Waals surface area contributed by atoms with Crippen LogP contribution in [0.25, 0.3) is 0 Å². The van der Waals surface area contributed by atoms with Crippen LogP contribution in [0.1, 0.15) is 25.7 Å². The SMILES string of the molecule is OC/C=C/C1CCC2(CC1)OCCO2. The number of hydrogen-bond donors (Lipinski definition) is 1. The van der Waals surface area contributed by atoms with E-state index in [1.54, 1.807) is 0 Å². The summed E-state index contributed by atoms with van der Waals surface area (Å²) in [5.74, 6) is 0.351. The van der Waals surface area contributed by atoms with E-state index in [-0.39, 0.29) is 12.4 Å². The van der Waals surface area contributed by atoms with Crippen molar-refractivity contribution in [3.05, 3.63) is 12.2 Å². The van der Waals surface area contributed by atoms with Gasteiger partial charge in [-0.05, 0) is 18.8 Å². The van der Waals surface area contributed by atoms with E-state index in [9.17, 15) is 0 Å². The molecule has 14 heavy (non-hydrogen) atoms. The fraction of sp³-hybridized carbons (Fsp3) is 0.818. The molecule has 2 aliphatic rings.